The van der Waals surface area contributed by atoms with E-state index in [4.69, 9.17) is 5.73 Å². The fraction of sp³-hybridized carbons (Fsp3) is 0.600. The molecule has 0 aromatic heterocycles. The first-order chi connectivity index (χ1) is 10.1. The van der Waals surface area contributed by atoms with Crippen LogP contribution in [0, 0.1) is 0 Å². The van der Waals surface area contributed by atoms with Gasteiger partial charge in [0.25, 0.3) is 10.2 Å². The molecule has 1 aromatic carbocycles. The van der Waals surface area contributed by atoms with E-state index in [0.717, 1.165) is 31.2 Å². The van der Waals surface area contributed by atoms with Gasteiger partial charge >= 0.3 is 0 Å². The Morgan fingerprint density at radius 1 is 1.14 bits per heavy atom. The van der Waals surface area contributed by atoms with Crippen molar-refractivity contribution in [1.29, 1.82) is 0 Å². The maximum Gasteiger partial charge on any atom is 0.282 e. The molecule has 0 bridgehead atoms. The van der Waals surface area contributed by atoms with E-state index in [1.165, 1.54) is 5.56 Å². The minimum Gasteiger partial charge on any atom is -0.329 e. The normalized spacial score (nSPS) is 24.7. The Labute approximate surface area is 126 Å². The third-order valence-electron chi connectivity index (χ3n) is 4.56. The summed E-state index contributed by atoms with van der Waals surface area (Å²) in [5.41, 5.74) is 8.15. The van der Waals surface area contributed by atoms with Crippen LogP contribution in [0.5, 0.6) is 0 Å². The molecular weight excluding hydrogens is 286 g/mol. The molecule has 6 heteroatoms. The van der Waals surface area contributed by atoms with Gasteiger partial charge in [-0.3, -0.25) is 0 Å². The van der Waals surface area contributed by atoms with Crippen LogP contribution in [0.25, 0.3) is 0 Å². The minimum atomic E-state index is -3.40. The molecule has 1 aromatic rings. The monoisotopic (exact) mass is 309 g/mol. The van der Waals surface area contributed by atoms with Crippen molar-refractivity contribution in [3.05, 3.63) is 35.4 Å². The molecule has 0 saturated carbocycles. The smallest absolute Gasteiger partial charge is 0.282 e. The summed E-state index contributed by atoms with van der Waals surface area (Å²) in [6.45, 7) is 2.05. The zero-order valence-electron chi connectivity index (χ0n) is 12.2. The lowest BCUT2D eigenvalue weighted by atomic mass is 10.0. The van der Waals surface area contributed by atoms with E-state index in [-0.39, 0.29) is 6.04 Å². The highest BCUT2D eigenvalue weighted by Gasteiger charge is 2.37. The maximum atomic E-state index is 12.9. The number of hydrogen-bond acceptors (Lipinski definition) is 3. The summed E-state index contributed by atoms with van der Waals surface area (Å²) in [5.74, 6) is 0. The molecule has 1 atom stereocenters. The van der Waals surface area contributed by atoms with E-state index in [1.807, 2.05) is 18.2 Å². The highest BCUT2D eigenvalue weighted by Crippen LogP contribution is 2.26. The van der Waals surface area contributed by atoms with Gasteiger partial charge in [0.15, 0.2) is 0 Å². The van der Waals surface area contributed by atoms with Crippen molar-refractivity contribution in [3.8, 4) is 0 Å². The summed E-state index contributed by atoms with van der Waals surface area (Å²) in [6, 6.07) is 8.05. The van der Waals surface area contributed by atoms with Crippen molar-refractivity contribution in [2.45, 2.75) is 38.3 Å². The van der Waals surface area contributed by atoms with Crippen LogP contribution in [-0.2, 0) is 23.2 Å². The van der Waals surface area contributed by atoms with E-state index in [0.29, 0.717) is 26.2 Å². The minimum absolute atomic E-state index is 0.0408. The molecule has 0 amide bonds. The van der Waals surface area contributed by atoms with Crippen molar-refractivity contribution < 1.29 is 8.42 Å². The van der Waals surface area contributed by atoms with Gasteiger partial charge in [-0.2, -0.15) is 17.0 Å². The van der Waals surface area contributed by atoms with Crippen LogP contribution in [0.3, 0.4) is 0 Å². The van der Waals surface area contributed by atoms with E-state index in [1.54, 1.807) is 8.61 Å². The molecule has 21 heavy (non-hydrogen) atoms. The Balaban J connectivity index is 1.82. The van der Waals surface area contributed by atoms with Crippen LogP contribution in [0.15, 0.2) is 24.3 Å². The van der Waals surface area contributed by atoms with E-state index in [2.05, 4.69) is 6.07 Å². The van der Waals surface area contributed by atoms with Crippen LogP contribution >= 0.6 is 0 Å². The molecule has 2 heterocycles. The van der Waals surface area contributed by atoms with E-state index in [9.17, 15) is 8.42 Å². The highest BCUT2D eigenvalue weighted by molar-refractivity contribution is 7.86. The van der Waals surface area contributed by atoms with Crippen LogP contribution in [0.2, 0.25) is 0 Å². The molecule has 2 aliphatic heterocycles. The topological polar surface area (TPSA) is 66.6 Å². The molecule has 0 radical (unpaired) electrons. The average Bonchev–Trinajstić information content (AvgIpc) is 2.54. The molecular formula is C15H23N3O2S. The van der Waals surface area contributed by atoms with Gasteiger partial charge in [0.05, 0.1) is 0 Å². The van der Waals surface area contributed by atoms with Crippen molar-refractivity contribution in [3.63, 3.8) is 0 Å². The second-order valence-corrected chi connectivity index (χ2v) is 7.74. The molecule has 3 rings (SSSR count). The summed E-state index contributed by atoms with van der Waals surface area (Å²) < 4.78 is 29.1. The Hall–Kier alpha value is -0.950. The second-order valence-electron chi connectivity index (χ2n) is 5.86. The molecule has 1 saturated heterocycles. The summed E-state index contributed by atoms with van der Waals surface area (Å²) in [4.78, 5) is 0. The number of piperidine rings is 1. The van der Waals surface area contributed by atoms with Crippen molar-refractivity contribution in [1.82, 2.24) is 8.61 Å². The molecule has 2 aliphatic rings. The number of fused-ring (bicyclic) bond motifs is 1. The lowest BCUT2D eigenvalue weighted by molar-refractivity contribution is 0.232. The number of nitrogens with two attached hydrogens (primary N) is 1. The van der Waals surface area contributed by atoms with Gasteiger partial charge in [-0.25, -0.2) is 0 Å². The Morgan fingerprint density at radius 2 is 1.90 bits per heavy atom. The molecule has 0 aliphatic carbocycles. The van der Waals surface area contributed by atoms with E-state index < -0.39 is 10.2 Å². The first-order valence-corrected chi connectivity index (χ1v) is 9.06. The third-order valence-corrected chi connectivity index (χ3v) is 6.60. The predicted octanol–water partition coefficient (Wildman–Crippen LogP) is 1.10. The Kier molecular flexibility index (Phi) is 4.31. The molecule has 116 valence electrons. The fourth-order valence-electron chi connectivity index (χ4n) is 3.33. The summed E-state index contributed by atoms with van der Waals surface area (Å²) in [5, 5.41) is 0. The molecule has 5 nitrogen and oxygen atoms in total. The number of rotatable bonds is 3. The SMILES string of the molecule is NCC1CCCCN1S(=O)(=O)N1CCc2ccccc2C1. The number of benzene rings is 1. The first-order valence-electron chi connectivity index (χ1n) is 7.66. The Bertz CT molecular complexity index is 603. The van der Waals surface area contributed by atoms with Crippen LogP contribution in [0.4, 0.5) is 0 Å². The standard InChI is InChI=1S/C15H23N3O2S/c16-11-15-7-3-4-9-18(15)21(19,20)17-10-8-13-5-1-2-6-14(13)12-17/h1-2,5-6,15H,3-4,7-12,16H2. The van der Waals surface area contributed by atoms with Gasteiger partial charge in [-0.05, 0) is 30.4 Å². The Morgan fingerprint density at radius 3 is 2.67 bits per heavy atom. The first kappa shape index (κ1) is 15.0. The zero-order chi connectivity index (χ0) is 14.9. The maximum absolute atomic E-state index is 12.9. The average molecular weight is 309 g/mol. The zero-order valence-corrected chi connectivity index (χ0v) is 13.1. The third kappa shape index (κ3) is 2.85. The van der Waals surface area contributed by atoms with Crippen molar-refractivity contribution >= 4 is 10.2 Å². The van der Waals surface area contributed by atoms with Gasteiger partial charge in [0.2, 0.25) is 0 Å². The summed E-state index contributed by atoms with van der Waals surface area (Å²) >= 11 is 0. The molecule has 2 N–H and O–H groups in total. The van der Waals surface area contributed by atoms with Crippen LogP contribution in [-0.4, -0.2) is 42.7 Å². The van der Waals surface area contributed by atoms with Crippen LogP contribution in [0.1, 0.15) is 30.4 Å². The summed E-state index contributed by atoms with van der Waals surface area (Å²) in [7, 11) is -3.40. The number of nitrogens with zero attached hydrogens (tertiary/aromatic N) is 2. The van der Waals surface area contributed by atoms with Gasteiger partial charge in [-0.15, -0.1) is 0 Å². The quantitative estimate of drug-likeness (QED) is 0.909. The fourth-order valence-corrected chi connectivity index (χ4v) is 5.18. The second kappa shape index (κ2) is 6.04. The largest absolute Gasteiger partial charge is 0.329 e. The van der Waals surface area contributed by atoms with Gasteiger partial charge < -0.3 is 5.73 Å². The molecule has 1 fully saturated rings. The highest BCUT2D eigenvalue weighted by atomic mass is 32.2. The van der Waals surface area contributed by atoms with E-state index >= 15 is 0 Å². The van der Waals surface area contributed by atoms with Crippen molar-refractivity contribution in [2.24, 2.45) is 5.73 Å². The molecule has 0 spiro atoms. The predicted molar refractivity (Wildman–Crippen MR) is 82.9 cm³/mol. The lowest BCUT2D eigenvalue weighted by Gasteiger charge is -2.38. The van der Waals surface area contributed by atoms with Crippen LogP contribution < -0.4 is 5.73 Å². The van der Waals surface area contributed by atoms with Gasteiger partial charge in [0, 0.05) is 32.2 Å². The van der Waals surface area contributed by atoms with Gasteiger partial charge in [0.1, 0.15) is 0 Å². The summed E-state index contributed by atoms with van der Waals surface area (Å²) in [6.07, 6.45) is 3.66. The lowest BCUT2D eigenvalue weighted by Crippen LogP contribution is -2.53. The number of hydrogen-bond donors (Lipinski definition) is 1. The van der Waals surface area contributed by atoms with Gasteiger partial charge in [-0.1, -0.05) is 30.7 Å². The molecule has 1 unspecified atom stereocenters. The van der Waals surface area contributed by atoms with Crippen molar-refractivity contribution in [2.75, 3.05) is 19.6 Å².